The van der Waals surface area contributed by atoms with Crippen molar-refractivity contribution in [2.45, 2.75) is 52.7 Å². The van der Waals surface area contributed by atoms with E-state index in [1.165, 1.54) is 12.8 Å². The fourth-order valence-electron chi connectivity index (χ4n) is 2.82. The molecule has 114 valence electrons. The fraction of sp³-hybridized carbons (Fsp3) is 0.800. The van der Waals surface area contributed by atoms with Crippen molar-refractivity contribution in [2.24, 2.45) is 5.16 Å². The Morgan fingerprint density at radius 3 is 2.65 bits per heavy atom. The third-order valence-corrected chi connectivity index (χ3v) is 3.90. The zero-order chi connectivity index (χ0) is 14.6. The van der Waals surface area contributed by atoms with Gasteiger partial charge in [-0.05, 0) is 40.0 Å². The first-order chi connectivity index (χ1) is 9.54. The standard InChI is InChI=1S/C15H28N4O/c1-5-9-17-11-8-12-18(17)10-6-7-13-19-14(2)16-20-15(19,3)4/h8,11H,5-7,9-10,12-13H2,1-4H3. The summed E-state index contributed by atoms with van der Waals surface area (Å²) in [5, 5.41) is 8.85. The molecule has 0 aliphatic carbocycles. The van der Waals surface area contributed by atoms with Crippen molar-refractivity contribution in [1.29, 1.82) is 0 Å². The number of amidine groups is 1. The number of rotatable bonds is 7. The van der Waals surface area contributed by atoms with Gasteiger partial charge in [-0.15, -0.1) is 0 Å². The highest BCUT2D eigenvalue weighted by molar-refractivity contribution is 5.80. The summed E-state index contributed by atoms with van der Waals surface area (Å²) in [5.74, 6) is 0.991. The molecule has 0 aromatic heterocycles. The molecule has 0 bridgehead atoms. The maximum atomic E-state index is 5.43. The average Bonchev–Trinajstić information content (AvgIpc) is 2.93. The van der Waals surface area contributed by atoms with E-state index in [4.69, 9.17) is 4.84 Å². The Hall–Kier alpha value is -1.23. The van der Waals surface area contributed by atoms with Crippen LogP contribution < -0.4 is 0 Å². The molecule has 0 saturated carbocycles. The SMILES string of the molecule is CCCN1C=CCN1CCCCN1C(C)=NOC1(C)C. The Morgan fingerprint density at radius 1 is 1.25 bits per heavy atom. The van der Waals surface area contributed by atoms with Crippen molar-refractivity contribution >= 4 is 5.84 Å². The minimum Gasteiger partial charge on any atom is -0.366 e. The molecule has 0 atom stereocenters. The van der Waals surface area contributed by atoms with Crippen molar-refractivity contribution < 1.29 is 4.84 Å². The summed E-state index contributed by atoms with van der Waals surface area (Å²) >= 11 is 0. The molecule has 0 aromatic carbocycles. The number of unbranched alkanes of at least 4 members (excludes halogenated alkanes) is 1. The number of hydrazine groups is 1. The van der Waals surface area contributed by atoms with E-state index in [9.17, 15) is 0 Å². The van der Waals surface area contributed by atoms with Crippen LogP contribution in [0, 0.1) is 0 Å². The Labute approximate surface area is 122 Å². The molecule has 20 heavy (non-hydrogen) atoms. The van der Waals surface area contributed by atoms with Gasteiger partial charge in [0.2, 0.25) is 5.72 Å². The van der Waals surface area contributed by atoms with E-state index in [1.807, 2.05) is 6.92 Å². The second-order valence-corrected chi connectivity index (χ2v) is 6.00. The molecule has 2 aliphatic heterocycles. The quantitative estimate of drug-likeness (QED) is 0.671. The second kappa shape index (κ2) is 6.48. The Morgan fingerprint density at radius 2 is 2.00 bits per heavy atom. The Balaban J connectivity index is 1.68. The van der Waals surface area contributed by atoms with E-state index in [0.717, 1.165) is 38.4 Å². The topological polar surface area (TPSA) is 31.3 Å². The summed E-state index contributed by atoms with van der Waals surface area (Å²) in [6.07, 6.45) is 8.00. The number of nitrogens with zero attached hydrogens (tertiary/aromatic N) is 4. The summed E-state index contributed by atoms with van der Waals surface area (Å²) in [4.78, 5) is 7.68. The van der Waals surface area contributed by atoms with E-state index in [1.54, 1.807) is 0 Å². The smallest absolute Gasteiger partial charge is 0.205 e. The van der Waals surface area contributed by atoms with Crippen molar-refractivity contribution in [3.05, 3.63) is 12.3 Å². The van der Waals surface area contributed by atoms with Gasteiger partial charge in [-0.1, -0.05) is 18.2 Å². The lowest BCUT2D eigenvalue weighted by Gasteiger charge is -2.31. The Kier molecular flexibility index (Phi) is 4.91. The van der Waals surface area contributed by atoms with E-state index in [0.29, 0.717) is 0 Å². The van der Waals surface area contributed by atoms with Gasteiger partial charge in [-0.25, -0.2) is 5.01 Å². The van der Waals surface area contributed by atoms with Gasteiger partial charge in [0, 0.05) is 32.4 Å². The Bertz CT molecular complexity index is 378. The summed E-state index contributed by atoms with van der Waals surface area (Å²) < 4.78 is 0. The largest absolute Gasteiger partial charge is 0.366 e. The van der Waals surface area contributed by atoms with Crippen LogP contribution in [0.3, 0.4) is 0 Å². The molecule has 2 rings (SSSR count). The van der Waals surface area contributed by atoms with Gasteiger partial charge in [0.05, 0.1) is 0 Å². The highest BCUT2D eigenvalue weighted by Gasteiger charge is 2.34. The third kappa shape index (κ3) is 3.45. The highest BCUT2D eigenvalue weighted by atomic mass is 16.7. The zero-order valence-electron chi connectivity index (χ0n) is 13.3. The van der Waals surface area contributed by atoms with Crippen LogP contribution in [0.1, 0.15) is 47.0 Å². The normalized spacial score (nSPS) is 21.5. The monoisotopic (exact) mass is 280 g/mol. The highest BCUT2D eigenvalue weighted by Crippen LogP contribution is 2.24. The zero-order valence-corrected chi connectivity index (χ0v) is 13.3. The van der Waals surface area contributed by atoms with Crippen LogP contribution in [-0.4, -0.2) is 52.7 Å². The predicted molar refractivity (Wildman–Crippen MR) is 81.9 cm³/mol. The first-order valence-corrected chi connectivity index (χ1v) is 7.73. The lowest BCUT2D eigenvalue weighted by Crippen LogP contribution is -2.43. The molecule has 5 nitrogen and oxygen atoms in total. The van der Waals surface area contributed by atoms with Crippen LogP contribution in [0.15, 0.2) is 17.4 Å². The van der Waals surface area contributed by atoms with Crippen LogP contribution in [0.4, 0.5) is 0 Å². The van der Waals surface area contributed by atoms with Gasteiger partial charge in [-0.2, -0.15) is 0 Å². The first-order valence-electron chi connectivity index (χ1n) is 7.73. The first kappa shape index (κ1) is 15.2. The van der Waals surface area contributed by atoms with Gasteiger partial charge in [-0.3, -0.25) is 0 Å². The molecule has 0 radical (unpaired) electrons. The van der Waals surface area contributed by atoms with Crippen LogP contribution in [0.25, 0.3) is 0 Å². The van der Waals surface area contributed by atoms with E-state index in [-0.39, 0.29) is 5.72 Å². The molecule has 2 heterocycles. The average molecular weight is 280 g/mol. The summed E-state index contributed by atoms with van der Waals surface area (Å²) in [7, 11) is 0. The number of oxime groups is 1. The molecule has 5 heteroatoms. The van der Waals surface area contributed by atoms with E-state index < -0.39 is 0 Å². The maximum absolute atomic E-state index is 5.43. The molecule has 0 unspecified atom stereocenters. The van der Waals surface area contributed by atoms with Crippen molar-refractivity contribution in [1.82, 2.24) is 14.9 Å². The van der Waals surface area contributed by atoms with Gasteiger partial charge >= 0.3 is 0 Å². The van der Waals surface area contributed by atoms with Crippen molar-refractivity contribution in [3.8, 4) is 0 Å². The summed E-state index contributed by atoms with van der Waals surface area (Å²) in [6.45, 7) is 12.7. The van der Waals surface area contributed by atoms with Gasteiger partial charge in [0.1, 0.15) is 5.84 Å². The van der Waals surface area contributed by atoms with Crippen LogP contribution in [0.2, 0.25) is 0 Å². The van der Waals surface area contributed by atoms with Crippen molar-refractivity contribution in [2.75, 3.05) is 26.2 Å². The third-order valence-electron chi connectivity index (χ3n) is 3.90. The molecule has 0 amide bonds. The molecule has 0 N–H and O–H groups in total. The van der Waals surface area contributed by atoms with E-state index in [2.05, 4.69) is 53.1 Å². The number of hydrogen-bond donors (Lipinski definition) is 0. The molecule has 0 fully saturated rings. The van der Waals surface area contributed by atoms with E-state index >= 15 is 0 Å². The summed E-state index contributed by atoms with van der Waals surface area (Å²) in [5.41, 5.74) is -0.284. The van der Waals surface area contributed by atoms with Gasteiger partial charge < -0.3 is 14.7 Å². The second-order valence-electron chi connectivity index (χ2n) is 6.00. The molecular weight excluding hydrogens is 252 g/mol. The summed E-state index contributed by atoms with van der Waals surface area (Å²) in [6, 6.07) is 0. The molecule has 0 saturated heterocycles. The number of hydrogen-bond acceptors (Lipinski definition) is 5. The lowest BCUT2D eigenvalue weighted by atomic mass is 10.2. The maximum Gasteiger partial charge on any atom is 0.205 e. The molecule has 2 aliphatic rings. The molecule has 0 aromatic rings. The van der Waals surface area contributed by atoms with Gasteiger partial charge in [0.25, 0.3) is 0 Å². The van der Waals surface area contributed by atoms with Crippen LogP contribution >= 0.6 is 0 Å². The van der Waals surface area contributed by atoms with Gasteiger partial charge in [0.15, 0.2) is 0 Å². The lowest BCUT2D eigenvalue weighted by molar-refractivity contribution is -0.0691. The van der Waals surface area contributed by atoms with Crippen LogP contribution in [0.5, 0.6) is 0 Å². The minimum absolute atomic E-state index is 0.284. The van der Waals surface area contributed by atoms with Crippen LogP contribution in [-0.2, 0) is 4.84 Å². The predicted octanol–water partition coefficient (Wildman–Crippen LogP) is 2.62. The molecule has 0 spiro atoms. The minimum atomic E-state index is -0.284. The fourth-order valence-corrected chi connectivity index (χ4v) is 2.82. The molecular formula is C15H28N4O. The van der Waals surface area contributed by atoms with Crippen molar-refractivity contribution in [3.63, 3.8) is 0 Å².